The van der Waals surface area contributed by atoms with Gasteiger partial charge in [0.05, 0.1) is 11.4 Å². The highest BCUT2D eigenvalue weighted by Crippen LogP contribution is 2.21. The topological polar surface area (TPSA) is 12.4 Å². The molecule has 0 aromatic rings. The fourth-order valence-corrected chi connectivity index (χ4v) is 2.07. The average molecular weight is 249 g/mol. The Morgan fingerprint density at radius 1 is 1.21 bits per heavy atom. The molecule has 1 aliphatic heterocycles. The number of hydrogen-bond donors (Lipinski definition) is 0. The lowest BCUT2D eigenvalue weighted by Gasteiger charge is -2.04. The number of hydrogen-bond acceptors (Lipinski definition) is 1. The van der Waals surface area contributed by atoms with Crippen molar-refractivity contribution in [3.05, 3.63) is 84.2 Å². The van der Waals surface area contributed by atoms with Crippen molar-refractivity contribution >= 4 is 5.71 Å². The summed E-state index contributed by atoms with van der Waals surface area (Å²) in [7, 11) is 0. The molecule has 0 fully saturated rings. The molecule has 0 aromatic heterocycles. The lowest BCUT2D eigenvalue weighted by Crippen LogP contribution is -1.96. The molecule has 0 N–H and O–H groups in total. The molecule has 0 unspecified atom stereocenters. The minimum absolute atomic E-state index is 0.912. The van der Waals surface area contributed by atoms with Crippen LogP contribution in [0, 0.1) is 0 Å². The van der Waals surface area contributed by atoms with Crippen molar-refractivity contribution in [1.29, 1.82) is 0 Å². The zero-order valence-corrected chi connectivity index (χ0v) is 11.3. The third-order valence-electron chi connectivity index (χ3n) is 3.05. The van der Waals surface area contributed by atoms with Crippen molar-refractivity contribution in [2.24, 2.45) is 4.99 Å². The zero-order valence-electron chi connectivity index (χ0n) is 11.3. The first-order chi connectivity index (χ1) is 9.35. The van der Waals surface area contributed by atoms with Gasteiger partial charge in [0.2, 0.25) is 0 Å². The number of fused-ring (bicyclic) bond motifs is 1. The maximum atomic E-state index is 4.80. The molecule has 0 radical (unpaired) electrons. The molecular weight excluding hydrogens is 230 g/mol. The van der Waals surface area contributed by atoms with Crippen LogP contribution in [0.5, 0.6) is 0 Å². The van der Waals surface area contributed by atoms with E-state index in [4.69, 9.17) is 4.99 Å². The molecule has 96 valence electrons. The Hall–Kier alpha value is -2.15. The van der Waals surface area contributed by atoms with Crippen LogP contribution < -0.4 is 0 Å². The Kier molecular flexibility index (Phi) is 4.68. The van der Waals surface area contributed by atoms with E-state index in [0.29, 0.717) is 0 Å². The smallest absolute Gasteiger partial charge is 0.0703 e. The first kappa shape index (κ1) is 13.3. The molecule has 1 heteroatoms. The standard InChI is InChI=1S/C18H19N/c1-3-5-10-15(4-2)17-14-9-12-16-11-7-6-8-13-18(16)19-17/h3-5,7-8,10-14H,1,6,9H2,2H3/b10-5-,15-4+. The summed E-state index contributed by atoms with van der Waals surface area (Å²) in [5.74, 6) is 0. The van der Waals surface area contributed by atoms with Gasteiger partial charge in [-0.3, -0.25) is 0 Å². The quantitative estimate of drug-likeness (QED) is 0.634. The molecular formula is C18H19N. The summed E-state index contributed by atoms with van der Waals surface area (Å²) in [6.07, 6.45) is 22.7. The molecule has 1 aliphatic carbocycles. The van der Waals surface area contributed by atoms with Gasteiger partial charge in [-0.2, -0.15) is 0 Å². The van der Waals surface area contributed by atoms with Gasteiger partial charge >= 0.3 is 0 Å². The van der Waals surface area contributed by atoms with Crippen molar-refractivity contribution in [3.63, 3.8) is 0 Å². The van der Waals surface area contributed by atoms with Crippen LogP contribution in [-0.4, -0.2) is 5.71 Å². The van der Waals surface area contributed by atoms with Crippen LogP contribution in [0.4, 0.5) is 0 Å². The van der Waals surface area contributed by atoms with Crippen LogP contribution in [0.3, 0.4) is 0 Å². The summed E-state index contributed by atoms with van der Waals surface area (Å²) < 4.78 is 0. The molecule has 19 heavy (non-hydrogen) atoms. The molecule has 0 atom stereocenters. The van der Waals surface area contributed by atoms with E-state index in [9.17, 15) is 0 Å². The molecule has 0 saturated carbocycles. The van der Waals surface area contributed by atoms with Gasteiger partial charge in [0.25, 0.3) is 0 Å². The van der Waals surface area contributed by atoms with E-state index in [1.165, 1.54) is 5.57 Å². The largest absolute Gasteiger partial charge is 0.248 e. The molecule has 2 rings (SSSR count). The van der Waals surface area contributed by atoms with E-state index >= 15 is 0 Å². The van der Waals surface area contributed by atoms with Gasteiger partial charge in [-0.15, -0.1) is 0 Å². The lowest BCUT2D eigenvalue weighted by atomic mass is 10.1. The van der Waals surface area contributed by atoms with E-state index in [1.54, 1.807) is 6.08 Å². The van der Waals surface area contributed by atoms with Gasteiger partial charge in [-0.1, -0.05) is 61.3 Å². The Morgan fingerprint density at radius 2 is 2.05 bits per heavy atom. The highest BCUT2D eigenvalue weighted by atomic mass is 14.8. The van der Waals surface area contributed by atoms with Crippen LogP contribution in [0.25, 0.3) is 0 Å². The molecule has 1 nitrogen and oxygen atoms in total. The number of rotatable bonds is 3. The van der Waals surface area contributed by atoms with Gasteiger partial charge in [0.15, 0.2) is 0 Å². The Bertz CT molecular complexity index is 560. The van der Waals surface area contributed by atoms with Crippen molar-refractivity contribution in [2.45, 2.75) is 19.8 Å². The molecule has 0 bridgehead atoms. The molecule has 0 aromatic carbocycles. The van der Waals surface area contributed by atoms with E-state index in [1.807, 2.05) is 19.1 Å². The van der Waals surface area contributed by atoms with E-state index in [0.717, 1.165) is 29.8 Å². The first-order valence-corrected chi connectivity index (χ1v) is 6.63. The first-order valence-electron chi connectivity index (χ1n) is 6.63. The molecule has 2 aliphatic rings. The maximum absolute atomic E-state index is 4.80. The SMILES string of the molecule is C=C/C=C\C(=C/C)C1=CCC=C2C=CCC=CC2=N1. The number of nitrogens with zero attached hydrogens (tertiary/aromatic N) is 1. The summed E-state index contributed by atoms with van der Waals surface area (Å²) in [5, 5.41) is 0. The summed E-state index contributed by atoms with van der Waals surface area (Å²) in [6, 6.07) is 0. The van der Waals surface area contributed by atoms with Crippen LogP contribution in [-0.2, 0) is 0 Å². The fraction of sp³-hybridized carbons (Fsp3) is 0.167. The molecule has 0 saturated heterocycles. The second kappa shape index (κ2) is 6.69. The summed E-state index contributed by atoms with van der Waals surface area (Å²) in [5.41, 5.74) is 4.41. The summed E-state index contributed by atoms with van der Waals surface area (Å²) in [6.45, 7) is 5.74. The Morgan fingerprint density at radius 3 is 2.84 bits per heavy atom. The highest BCUT2D eigenvalue weighted by molar-refractivity contribution is 6.11. The lowest BCUT2D eigenvalue weighted by molar-refractivity contribution is 1.27. The average Bonchev–Trinajstić information content (AvgIpc) is 2.74. The third-order valence-corrected chi connectivity index (χ3v) is 3.05. The number of aliphatic imine (C=N–C) groups is 1. The number of allylic oxidation sites excluding steroid dienone is 11. The van der Waals surface area contributed by atoms with Crippen molar-refractivity contribution in [2.75, 3.05) is 0 Å². The van der Waals surface area contributed by atoms with E-state index < -0.39 is 0 Å². The van der Waals surface area contributed by atoms with Crippen LogP contribution in [0.2, 0.25) is 0 Å². The minimum atomic E-state index is 0.912. The maximum Gasteiger partial charge on any atom is 0.0703 e. The molecule has 1 heterocycles. The monoisotopic (exact) mass is 249 g/mol. The van der Waals surface area contributed by atoms with Crippen molar-refractivity contribution in [1.82, 2.24) is 0 Å². The van der Waals surface area contributed by atoms with Crippen LogP contribution in [0.1, 0.15) is 19.8 Å². The third kappa shape index (κ3) is 3.41. The molecule has 0 spiro atoms. The van der Waals surface area contributed by atoms with Crippen LogP contribution >= 0.6 is 0 Å². The minimum Gasteiger partial charge on any atom is -0.248 e. The Balaban J connectivity index is 2.37. The summed E-state index contributed by atoms with van der Waals surface area (Å²) in [4.78, 5) is 4.80. The van der Waals surface area contributed by atoms with E-state index in [-0.39, 0.29) is 0 Å². The summed E-state index contributed by atoms with van der Waals surface area (Å²) >= 11 is 0. The van der Waals surface area contributed by atoms with Crippen molar-refractivity contribution < 1.29 is 0 Å². The van der Waals surface area contributed by atoms with Gasteiger partial charge in [0.1, 0.15) is 0 Å². The second-order valence-corrected chi connectivity index (χ2v) is 4.36. The van der Waals surface area contributed by atoms with Crippen LogP contribution in [0.15, 0.2) is 89.2 Å². The highest BCUT2D eigenvalue weighted by Gasteiger charge is 2.09. The zero-order chi connectivity index (χ0) is 13.5. The van der Waals surface area contributed by atoms with Gasteiger partial charge < -0.3 is 0 Å². The van der Waals surface area contributed by atoms with Gasteiger partial charge in [-0.25, -0.2) is 4.99 Å². The predicted molar refractivity (Wildman–Crippen MR) is 84.2 cm³/mol. The Labute approximate surface area is 115 Å². The fourth-order valence-electron chi connectivity index (χ4n) is 2.07. The predicted octanol–water partition coefficient (Wildman–Crippen LogP) is 4.85. The normalized spacial score (nSPS) is 19.2. The van der Waals surface area contributed by atoms with Crippen molar-refractivity contribution in [3.8, 4) is 0 Å². The van der Waals surface area contributed by atoms with Gasteiger partial charge in [0, 0.05) is 0 Å². The molecule has 0 amide bonds. The van der Waals surface area contributed by atoms with Gasteiger partial charge in [-0.05, 0) is 37.0 Å². The van der Waals surface area contributed by atoms with E-state index in [2.05, 4.69) is 49.1 Å². The second-order valence-electron chi connectivity index (χ2n) is 4.36.